The zero-order valence-corrected chi connectivity index (χ0v) is 28.8. The largest absolute Gasteiger partial charge is 0.481 e. The average molecular weight is 605 g/mol. The summed E-state index contributed by atoms with van der Waals surface area (Å²) in [6.07, 6.45) is 44.7. The van der Waals surface area contributed by atoms with E-state index < -0.39 is 5.97 Å². The summed E-state index contributed by atoms with van der Waals surface area (Å²) >= 11 is 0. The zero-order valence-electron chi connectivity index (χ0n) is 28.8. The Morgan fingerprint density at radius 3 is 1.40 bits per heavy atom. The second kappa shape index (κ2) is 34.9. The molecular formula is C39H72O4. The second-order valence-corrected chi connectivity index (χ2v) is 12.9. The van der Waals surface area contributed by atoms with Gasteiger partial charge in [-0.2, -0.15) is 0 Å². The minimum atomic E-state index is -0.678. The lowest BCUT2D eigenvalue weighted by molar-refractivity contribution is -0.148. The Morgan fingerprint density at radius 2 is 0.930 bits per heavy atom. The number of carbonyl (C=O) groups is 2. The molecule has 4 nitrogen and oxygen atoms in total. The maximum atomic E-state index is 12.1. The van der Waals surface area contributed by atoms with Gasteiger partial charge in [-0.25, -0.2) is 0 Å². The maximum absolute atomic E-state index is 12.1. The third-order valence-corrected chi connectivity index (χ3v) is 8.42. The number of carboxylic acids is 1. The molecule has 0 rings (SSSR count). The Balaban J connectivity index is 3.32. The Morgan fingerprint density at radius 1 is 0.535 bits per heavy atom. The van der Waals surface area contributed by atoms with E-state index in [1.54, 1.807) is 0 Å². The fourth-order valence-electron chi connectivity index (χ4n) is 5.61. The summed E-state index contributed by atoms with van der Waals surface area (Å²) in [6.45, 7) is 4.29. The minimum absolute atomic E-state index is 0.0130. The summed E-state index contributed by atoms with van der Waals surface area (Å²) in [7, 11) is 0. The molecule has 0 aliphatic carbocycles. The summed E-state index contributed by atoms with van der Waals surface area (Å²) in [4.78, 5) is 22.6. The quantitative estimate of drug-likeness (QED) is 0.0451. The van der Waals surface area contributed by atoms with Crippen LogP contribution in [0.1, 0.15) is 206 Å². The van der Waals surface area contributed by atoms with Crippen LogP contribution >= 0.6 is 0 Å². The van der Waals surface area contributed by atoms with E-state index in [2.05, 4.69) is 31.2 Å². The van der Waals surface area contributed by atoms with Gasteiger partial charge in [-0.05, 0) is 64.7 Å². The highest BCUT2D eigenvalue weighted by Crippen LogP contribution is 2.15. The highest BCUT2D eigenvalue weighted by atomic mass is 16.5. The lowest BCUT2D eigenvalue weighted by Crippen LogP contribution is -2.14. The van der Waals surface area contributed by atoms with Crippen LogP contribution in [0.4, 0.5) is 0 Å². The van der Waals surface area contributed by atoms with Crippen molar-refractivity contribution in [1.82, 2.24) is 0 Å². The van der Waals surface area contributed by atoms with Gasteiger partial charge in [0.15, 0.2) is 0 Å². The molecule has 0 aromatic carbocycles. The van der Waals surface area contributed by atoms with Gasteiger partial charge in [0.25, 0.3) is 0 Å². The number of hydrogen-bond donors (Lipinski definition) is 1. The number of ether oxygens (including phenoxy) is 1. The van der Waals surface area contributed by atoms with Crippen molar-refractivity contribution in [2.24, 2.45) is 0 Å². The van der Waals surface area contributed by atoms with Gasteiger partial charge in [0.05, 0.1) is 6.10 Å². The number of aliphatic carboxylic acids is 1. The van der Waals surface area contributed by atoms with Gasteiger partial charge in [-0.1, -0.05) is 153 Å². The molecule has 0 heterocycles. The van der Waals surface area contributed by atoms with Crippen LogP contribution in [0, 0.1) is 0 Å². The van der Waals surface area contributed by atoms with E-state index in [-0.39, 0.29) is 12.1 Å². The maximum Gasteiger partial charge on any atom is 0.306 e. The van der Waals surface area contributed by atoms with E-state index in [0.717, 1.165) is 51.4 Å². The van der Waals surface area contributed by atoms with Gasteiger partial charge in [0.1, 0.15) is 0 Å². The van der Waals surface area contributed by atoms with Gasteiger partial charge >= 0.3 is 11.9 Å². The van der Waals surface area contributed by atoms with Gasteiger partial charge in [-0.3, -0.25) is 9.59 Å². The molecule has 0 saturated carbocycles. The zero-order chi connectivity index (χ0) is 31.5. The van der Waals surface area contributed by atoms with Crippen molar-refractivity contribution in [3.05, 3.63) is 24.3 Å². The summed E-state index contributed by atoms with van der Waals surface area (Å²) < 4.78 is 5.62. The number of esters is 1. The van der Waals surface area contributed by atoms with Crippen LogP contribution in [0.25, 0.3) is 0 Å². The molecule has 1 atom stereocenters. The normalized spacial score (nSPS) is 12.4. The molecule has 252 valence electrons. The van der Waals surface area contributed by atoms with Crippen molar-refractivity contribution in [3.63, 3.8) is 0 Å². The van der Waals surface area contributed by atoms with Crippen molar-refractivity contribution >= 4 is 11.9 Å². The van der Waals surface area contributed by atoms with Crippen molar-refractivity contribution in [2.45, 2.75) is 213 Å². The van der Waals surface area contributed by atoms with Crippen LogP contribution in [-0.2, 0) is 14.3 Å². The second-order valence-electron chi connectivity index (χ2n) is 12.9. The Kier molecular flexibility index (Phi) is 33.6. The highest BCUT2D eigenvalue weighted by Gasteiger charge is 2.09. The average Bonchev–Trinajstić information content (AvgIpc) is 2.98. The first kappa shape index (κ1) is 41.4. The molecule has 0 spiro atoms. The topological polar surface area (TPSA) is 63.6 Å². The molecule has 0 saturated heterocycles. The van der Waals surface area contributed by atoms with Crippen molar-refractivity contribution in [3.8, 4) is 0 Å². The lowest BCUT2D eigenvalue weighted by atomic mass is 10.0. The molecule has 0 amide bonds. The molecule has 4 heteroatoms. The van der Waals surface area contributed by atoms with E-state index in [1.165, 1.54) is 128 Å². The van der Waals surface area contributed by atoms with Gasteiger partial charge in [0, 0.05) is 12.8 Å². The molecule has 43 heavy (non-hydrogen) atoms. The first-order valence-electron chi connectivity index (χ1n) is 18.8. The van der Waals surface area contributed by atoms with Gasteiger partial charge in [-0.15, -0.1) is 0 Å². The van der Waals surface area contributed by atoms with E-state index in [0.29, 0.717) is 12.8 Å². The number of hydrogen-bond acceptors (Lipinski definition) is 3. The van der Waals surface area contributed by atoms with E-state index in [4.69, 9.17) is 9.84 Å². The fraction of sp³-hybridized carbons (Fsp3) is 0.846. The Labute approximate surface area is 267 Å². The van der Waals surface area contributed by atoms with Gasteiger partial charge in [0.2, 0.25) is 0 Å². The highest BCUT2D eigenvalue weighted by molar-refractivity contribution is 5.69. The summed E-state index contributed by atoms with van der Waals surface area (Å²) in [6, 6.07) is 0. The van der Waals surface area contributed by atoms with Gasteiger partial charge < -0.3 is 9.84 Å². The molecule has 0 fully saturated rings. The summed E-state index contributed by atoms with van der Waals surface area (Å²) in [5.41, 5.74) is 0. The number of rotatable bonds is 34. The fourth-order valence-corrected chi connectivity index (χ4v) is 5.61. The first-order valence-corrected chi connectivity index (χ1v) is 18.8. The van der Waals surface area contributed by atoms with Crippen LogP contribution in [0.15, 0.2) is 24.3 Å². The summed E-state index contributed by atoms with van der Waals surface area (Å²) in [5, 5.41) is 8.64. The van der Waals surface area contributed by atoms with Crippen LogP contribution in [0.2, 0.25) is 0 Å². The monoisotopic (exact) mass is 605 g/mol. The van der Waals surface area contributed by atoms with Crippen LogP contribution in [0.5, 0.6) is 0 Å². The molecule has 1 unspecified atom stereocenters. The molecule has 0 bridgehead atoms. The number of allylic oxidation sites excluding steroid dienone is 4. The predicted octanol–water partition coefficient (Wildman–Crippen LogP) is 12.8. The van der Waals surface area contributed by atoms with E-state index >= 15 is 0 Å². The molecule has 0 aliphatic heterocycles. The molecule has 0 radical (unpaired) electrons. The number of carboxylic acid groups (broad SMARTS) is 1. The molecular weight excluding hydrogens is 532 g/mol. The van der Waals surface area contributed by atoms with Crippen LogP contribution < -0.4 is 0 Å². The third-order valence-electron chi connectivity index (χ3n) is 8.42. The minimum Gasteiger partial charge on any atom is -0.481 e. The smallest absolute Gasteiger partial charge is 0.306 e. The number of unbranched alkanes of at least 4 members (excludes halogenated alkanes) is 23. The Hall–Kier alpha value is -1.58. The van der Waals surface area contributed by atoms with Crippen LogP contribution in [0.3, 0.4) is 0 Å². The summed E-state index contributed by atoms with van der Waals surface area (Å²) in [5.74, 6) is -0.691. The molecule has 0 aliphatic rings. The number of carbonyl (C=O) groups excluding carboxylic acids is 1. The standard InChI is InChI=1S/C39H72O4/c1-3-4-5-6-7-8-9-10-11-12-13-14-15-16-17-18-19-24-27-30-33-36-39(42)43-37(2)34-31-28-25-22-20-21-23-26-29-32-35-38(40)41/h7-8,10-11,37H,3-6,9,12-36H2,1-2H3,(H,40,41)/b8-7-,11-10-. The lowest BCUT2D eigenvalue weighted by Gasteiger charge is -2.13. The van der Waals surface area contributed by atoms with Crippen molar-refractivity contribution in [1.29, 1.82) is 0 Å². The molecule has 0 aromatic rings. The first-order chi connectivity index (χ1) is 21.1. The predicted molar refractivity (Wildman–Crippen MR) is 186 cm³/mol. The van der Waals surface area contributed by atoms with Crippen molar-refractivity contribution in [2.75, 3.05) is 0 Å². The van der Waals surface area contributed by atoms with Crippen LogP contribution in [-0.4, -0.2) is 23.1 Å². The van der Waals surface area contributed by atoms with E-state index in [9.17, 15) is 9.59 Å². The van der Waals surface area contributed by atoms with E-state index in [1.807, 2.05) is 6.92 Å². The third kappa shape index (κ3) is 36.5. The molecule has 1 N–H and O–H groups in total. The molecule has 0 aromatic heterocycles. The van der Waals surface area contributed by atoms with Crippen molar-refractivity contribution < 1.29 is 19.4 Å². The SMILES string of the molecule is CCCCC/C=C\C/C=C\CCCCCCCCCCCCCC(=O)OC(C)CCCCCCCCCCCCC(=O)O. The Bertz CT molecular complexity index is 654.